The Balaban J connectivity index is 0.000000144. The normalized spacial score (nSPS) is 11.3. The standard InChI is InChI=1S/2C27H27.C12H7Si.2ClH.Zr/c2*1-4-21-14-15-23-17-20(16-19(2)3)18-26(23)27(21)25-13-9-8-12-24(25)22-10-6-5-7-11-22;1-3-7-11-9(5-1)10-6-2-4-8-12(10)13-11;;;/h2*5-15,17-19H,4,16H2,1-3H3;1-7H;2*1H;/q3*-1;;;+2/p-2. The SMILES string of the molecule is CCc1ccc2[cH-]c(CC(C)C)cc2c1-c1ccccc1-c1ccccc1.CCc1ccc2[cH-]c(CC(C)C)cc2c1-c1ccccc1-c1ccccc1.[Cl][Zr][Cl].[c-]1cccc2c1[Si]c1ccccc1-2. The van der Waals surface area contributed by atoms with Crippen LogP contribution in [0.2, 0.25) is 0 Å². The summed E-state index contributed by atoms with van der Waals surface area (Å²) in [5.74, 6) is 1.35. The molecule has 10 aromatic rings. The van der Waals surface area contributed by atoms with E-state index in [-0.39, 0.29) is 0 Å². The van der Waals surface area contributed by atoms with Gasteiger partial charge in [0.15, 0.2) is 0 Å². The van der Waals surface area contributed by atoms with E-state index in [2.05, 4.69) is 242 Å². The number of hydrogen-bond donors (Lipinski definition) is 0. The molecule has 10 aromatic carbocycles. The van der Waals surface area contributed by atoms with E-state index in [1.54, 1.807) is 0 Å². The molecule has 11 rings (SSSR count). The van der Waals surface area contributed by atoms with Crippen LogP contribution < -0.4 is 10.4 Å². The molecule has 0 bridgehead atoms. The van der Waals surface area contributed by atoms with E-state index in [1.807, 2.05) is 6.07 Å². The summed E-state index contributed by atoms with van der Waals surface area (Å²) in [4.78, 5) is 0. The van der Waals surface area contributed by atoms with Gasteiger partial charge < -0.3 is 0 Å². The first-order chi connectivity index (χ1) is 34.2. The van der Waals surface area contributed by atoms with Gasteiger partial charge in [-0.25, -0.2) is 0 Å². The Labute approximate surface area is 439 Å². The molecule has 1 aliphatic rings. The third kappa shape index (κ3) is 12.0. The molecule has 4 heteroatoms. The summed E-state index contributed by atoms with van der Waals surface area (Å²) in [5, 5.41) is 8.34. The molecule has 0 spiro atoms. The van der Waals surface area contributed by atoms with Gasteiger partial charge >= 0.3 is 37.9 Å². The molecule has 0 nitrogen and oxygen atoms in total. The van der Waals surface area contributed by atoms with Crippen molar-refractivity contribution in [3.05, 3.63) is 229 Å². The monoisotopic (exact) mass is 1040 g/mol. The van der Waals surface area contributed by atoms with Crippen LogP contribution in [-0.2, 0) is 46.5 Å². The molecule has 0 fully saturated rings. The van der Waals surface area contributed by atoms with Crippen molar-refractivity contribution in [2.45, 2.75) is 67.2 Å². The van der Waals surface area contributed by atoms with E-state index in [4.69, 9.17) is 17.0 Å². The fourth-order valence-corrected chi connectivity index (χ4v) is 11.4. The van der Waals surface area contributed by atoms with E-state index < -0.39 is 20.8 Å². The Morgan fingerprint density at radius 1 is 0.471 bits per heavy atom. The number of aryl methyl sites for hydroxylation is 2. The average molecular weight is 1040 g/mol. The van der Waals surface area contributed by atoms with Crippen LogP contribution in [0.5, 0.6) is 0 Å². The third-order valence-corrected chi connectivity index (χ3v) is 14.4. The summed E-state index contributed by atoms with van der Waals surface area (Å²) in [6.45, 7) is 13.7. The van der Waals surface area contributed by atoms with Crippen LogP contribution in [0.15, 0.2) is 200 Å². The van der Waals surface area contributed by atoms with Crippen molar-refractivity contribution >= 4 is 58.5 Å². The first-order valence-corrected chi connectivity index (χ1v) is 32.1. The van der Waals surface area contributed by atoms with Gasteiger partial charge in [-0.1, -0.05) is 208 Å². The Morgan fingerprint density at radius 3 is 1.31 bits per heavy atom. The summed E-state index contributed by atoms with van der Waals surface area (Å²) in [5.41, 5.74) is 19.2. The topological polar surface area (TPSA) is 0 Å². The van der Waals surface area contributed by atoms with Gasteiger partial charge in [0.25, 0.3) is 0 Å². The second-order valence-electron chi connectivity index (χ2n) is 18.9. The van der Waals surface area contributed by atoms with Gasteiger partial charge in [0.1, 0.15) is 0 Å². The molecule has 350 valence electrons. The van der Waals surface area contributed by atoms with Gasteiger partial charge in [0.05, 0.1) is 9.52 Å². The van der Waals surface area contributed by atoms with Crippen LogP contribution in [0, 0.1) is 17.9 Å². The number of benzene rings is 8. The van der Waals surface area contributed by atoms with Gasteiger partial charge in [-0.05, 0) is 70.9 Å². The molecule has 0 saturated carbocycles. The van der Waals surface area contributed by atoms with Gasteiger partial charge in [0, 0.05) is 0 Å². The van der Waals surface area contributed by atoms with Crippen LogP contribution >= 0.6 is 17.0 Å². The molecule has 70 heavy (non-hydrogen) atoms. The maximum absolute atomic E-state index is 4.93. The smallest absolute Gasteiger partial charge is 0.0920 e. The molecular formula is C66H61Cl2SiZr-3. The quantitative estimate of drug-likeness (QED) is 0.0946. The molecule has 1 heterocycles. The van der Waals surface area contributed by atoms with Gasteiger partial charge in [-0.15, -0.1) is 74.6 Å². The second kappa shape index (κ2) is 24.7. The zero-order valence-corrected chi connectivity index (χ0v) is 46.3. The van der Waals surface area contributed by atoms with Crippen LogP contribution in [0.3, 0.4) is 0 Å². The molecule has 0 amide bonds. The van der Waals surface area contributed by atoms with Crippen molar-refractivity contribution in [3.8, 4) is 55.6 Å². The molecule has 0 N–H and O–H groups in total. The van der Waals surface area contributed by atoms with E-state index in [0.717, 1.165) is 35.2 Å². The summed E-state index contributed by atoms with van der Waals surface area (Å²) in [6.07, 6.45) is 4.35. The summed E-state index contributed by atoms with van der Waals surface area (Å²) >= 11 is -0.826. The van der Waals surface area contributed by atoms with Crippen LogP contribution in [-0.4, -0.2) is 9.52 Å². The fourth-order valence-electron chi connectivity index (χ4n) is 10.0. The minimum absolute atomic E-state index is 0.674. The summed E-state index contributed by atoms with van der Waals surface area (Å²) < 4.78 is 0. The maximum atomic E-state index is 4.93. The summed E-state index contributed by atoms with van der Waals surface area (Å²) in [7, 11) is 10.7. The van der Waals surface area contributed by atoms with Gasteiger partial charge in [-0.2, -0.15) is 41.6 Å². The van der Waals surface area contributed by atoms with Crippen LogP contribution in [0.25, 0.3) is 77.2 Å². The molecule has 2 radical (unpaired) electrons. The molecule has 0 unspecified atom stereocenters. The third-order valence-electron chi connectivity index (χ3n) is 13.0. The number of halogens is 2. The first-order valence-electron chi connectivity index (χ1n) is 24.8. The zero-order chi connectivity index (χ0) is 49.0. The predicted octanol–water partition coefficient (Wildman–Crippen LogP) is 17.8. The Kier molecular flexibility index (Phi) is 18.0. The van der Waals surface area contributed by atoms with Crippen molar-refractivity contribution in [3.63, 3.8) is 0 Å². The van der Waals surface area contributed by atoms with Crippen molar-refractivity contribution in [1.29, 1.82) is 0 Å². The van der Waals surface area contributed by atoms with Crippen molar-refractivity contribution < 1.29 is 20.8 Å². The molecular weight excluding hydrogens is 983 g/mol. The van der Waals surface area contributed by atoms with E-state index in [0.29, 0.717) is 11.8 Å². The second-order valence-corrected chi connectivity index (χ2v) is 23.9. The molecule has 0 saturated heterocycles. The fraction of sp³-hybridized carbons (Fsp3) is 0.182. The van der Waals surface area contributed by atoms with E-state index in [1.165, 1.54) is 110 Å². The van der Waals surface area contributed by atoms with E-state index in [9.17, 15) is 0 Å². The Hall–Kier alpha value is -5.34. The molecule has 0 aliphatic carbocycles. The maximum Gasteiger partial charge on any atom is 0.0920 e. The number of rotatable bonds is 10. The number of hydrogen-bond acceptors (Lipinski definition) is 0. The van der Waals surface area contributed by atoms with Crippen LogP contribution in [0.1, 0.15) is 63.8 Å². The number of fused-ring (bicyclic) bond motifs is 5. The van der Waals surface area contributed by atoms with E-state index >= 15 is 0 Å². The minimum atomic E-state index is -0.826. The zero-order valence-electron chi connectivity index (χ0n) is 41.3. The largest absolute Gasteiger partial charge is 0.184 e. The first kappa shape index (κ1) is 51.0. The van der Waals surface area contributed by atoms with Crippen molar-refractivity contribution in [1.82, 2.24) is 0 Å². The Bertz CT molecular complexity index is 3050. The molecule has 1 aliphatic heterocycles. The molecule has 0 aromatic heterocycles. The minimum Gasteiger partial charge on any atom is -0.184 e. The predicted molar refractivity (Wildman–Crippen MR) is 304 cm³/mol. The molecule has 0 atom stereocenters. The average Bonchev–Trinajstić information content (AvgIpc) is 4.11. The van der Waals surface area contributed by atoms with Gasteiger partial charge in [-0.3, -0.25) is 0 Å². The van der Waals surface area contributed by atoms with Gasteiger partial charge in [0.2, 0.25) is 0 Å². The van der Waals surface area contributed by atoms with Crippen molar-refractivity contribution in [2.24, 2.45) is 11.8 Å². The Morgan fingerprint density at radius 2 is 0.871 bits per heavy atom. The van der Waals surface area contributed by atoms with Crippen LogP contribution in [0.4, 0.5) is 0 Å². The van der Waals surface area contributed by atoms with Crippen molar-refractivity contribution in [2.75, 3.05) is 0 Å². The summed E-state index contributed by atoms with van der Waals surface area (Å²) in [6, 6.07) is 76.2.